The summed E-state index contributed by atoms with van der Waals surface area (Å²) in [7, 11) is 1.61. The monoisotopic (exact) mass is 327 g/mol. The number of ether oxygens (including phenoxy) is 1. The molecule has 0 amide bonds. The van der Waals surface area contributed by atoms with Crippen LogP contribution in [-0.2, 0) is 0 Å². The number of hydrogen-bond acceptors (Lipinski definition) is 3. The summed E-state index contributed by atoms with van der Waals surface area (Å²) < 4.78 is 5.08. The van der Waals surface area contributed by atoms with Crippen molar-refractivity contribution in [2.45, 2.75) is 36.5 Å². The number of aliphatic hydroxyl groups is 1. The standard InChI is InChI=1S/C15H21NO2Se/c1-3-4-9-19-11-13(10-16)15(17)12-5-7-14(18-2)8-6-12/h5-8,13,15,17H,3-4,9,11H2,1-2H3. The number of nitrogens with zero attached hydrogens (tertiary/aromatic N) is 1. The van der Waals surface area contributed by atoms with E-state index in [0.29, 0.717) is 15.0 Å². The normalized spacial score (nSPS) is 13.6. The summed E-state index contributed by atoms with van der Waals surface area (Å²) in [5.74, 6) is 0.460. The van der Waals surface area contributed by atoms with Gasteiger partial charge in [0.05, 0.1) is 0 Å². The van der Waals surface area contributed by atoms with Crippen molar-refractivity contribution in [3.63, 3.8) is 0 Å². The first-order valence-electron chi connectivity index (χ1n) is 6.52. The van der Waals surface area contributed by atoms with Gasteiger partial charge in [0.1, 0.15) is 0 Å². The first-order chi connectivity index (χ1) is 9.22. The van der Waals surface area contributed by atoms with Gasteiger partial charge in [-0.1, -0.05) is 0 Å². The minimum atomic E-state index is -0.695. The molecule has 1 rings (SSSR count). The molecule has 2 unspecified atom stereocenters. The van der Waals surface area contributed by atoms with Gasteiger partial charge >= 0.3 is 121 Å². The van der Waals surface area contributed by atoms with Crippen LogP contribution >= 0.6 is 0 Å². The zero-order valence-corrected chi connectivity index (χ0v) is 13.2. The average molecular weight is 326 g/mol. The van der Waals surface area contributed by atoms with E-state index in [2.05, 4.69) is 13.0 Å². The molecule has 0 spiro atoms. The van der Waals surface area contributed by atoms with Crippen molar-refractivity contribution in [2.75, 3.05) is 7.11 Å². The molecule has 0 aliphatic heterocycles. The third kappa shape index (κ3) is 5.24. The minimum absolute atomic E-state index is 0.301. The van der Waals surface area contributed by atoms with Crippen molar-refractivity contribution in [1.82, 2.24) is 0 Å². The van der Waals surface area contributed by atoms with E-state index in [-0.39, 0.29) is 5.92 Å². The summed E-state index contributed by atoms with van der Waals surface area (Å²) in [6.45, 7) is 2.17. The number of unbranched alkanes of at least 4 members (excludes halogenated alkanes) is 1. The molecule has 1 aromatic carbocycles. The summed E-state index contributed by atoms with van der Waals surface area (Å²) in [4.78, 5) is 0. The molecule has 0 aliphatic rings. The predicted molar refractivity (Wildman–Crippen MR) is 77.3 cm³/mol. The Morgan fingerprint density at radius 3 is 2.58 bits per heavy atom. The zero-order valence-electron chi connectivity index (χ0n) is 11.5. The average Bonchev–Trinajstić information content (AvgIpc) is 2.47. The summed E-state index contributed by atoms with van der Waals surface area (Å²) in [6, 6.07) is 9.52. The van der Waals surface area contributed by atoms with Crippen LogP contribution in [0.25, 0.3) is 0 Å². The van der Waals surface area contributed by atoms with Crippen LogP contribution in [0.15, 0.2) is 24.3 Å². The fourth-order valence-corrected chi connectivity index (χ4v) is 4.14. The van der Waals surface area contributed by atoms with Crippen molar-refractivity contribution in [3.8, 4) is 11.8 Å². The van der Waals surface area contributed by atoms with Crippen LogP contribution in [-0.4, -0.2) is 27.2 Å². The molecule has 0 aromatic heterocycles. The molecule has 0 aliphatic carbocycles. The van der Waals surface area contributed by atoms with E-state index < -0.39 is 6.10 Å². The third-order valence-electron chi connectivity index (χ3n) is 2.94. The second-order valence-corrected chi connectivity index (χ2v) is 6.79. The first kappa shape index (κ1) is 16.0. The van der Waals surface area contributed by atoms with E-state index in [1.54, 1.807) is 7.11 Å². The molecule has 0 radical (unpaired) electrons. The Bertz CT molecular complexity index is 400. The molecule has 4 heteroatoms. The predicted octanol–water partition coefficient (Wildman–Crippen LogP) is 3.21. The molecular formula is C15H21NO2Se. The third-order valence-corrected chi connectivity index (χ3v) is 5.40. The van der Waals surface area contributed by atoms with Crippen LogP contribution in [0, 0.1) is 17.2 Å². The van der Waals surface area contributed by atoms with Crippen molar-refractivity contribution >= 4 is 15.0 Å². The van der Waals surface area contributed by atoms with Crippen molar-refractivity contribution in [1.29, 1.82) is 5.26 Å². The molecule has 1 aromatic rings. The van der Waals surface area contributed by atoms with Gasteiger partial charge in [-0.25, -0.2) is 0 Å². The van der Waals surface area contributed by atoms with E-state index in [1.807, 2.05) is 24.3 Å². The van der Waals surface area contributed by atoms with Gasteiger partial charge in [-0.2, -0.15) is 0 Å². The van der Waals surface area contributed by atoms with Crippen molar-refractivity contribution < 1.29 is 9.84 Å². The second-order valence-electron chi connectivity index (χ2n) is 4.38. The fourth-order valence-electron chi connectivity index (χ4n) is 1.69. The van der Waals surface area contributed by atoms with E-state index in [9.17, 15) is 10.4 Å². The van der Waals surface area contributed by atoms with Gasteiger partial charge in [0.15, 0.2) is 0 Å². The van der Waals surface area contributed by atoms with Crippen LogP contribution in [0.4, 0.5) is 0 Å². The molecule has 0 bridgehead atoms. The second kappa shape index (κ2) is 8.98. The number of benzene rings is 1. The van der Waals surface area contributed by atoms with E-state index in [1.165, 1.54) is 18.2 Å². The molecule has 0 fully saturated rings. The number of rotatable bonds is 8. The van der Waals surface area contributed by atoms with Crippen molar-refractivity contribution in [3.05, 3.63) is 29.8 Å². The van der Waals surface area contributed by atoms with Crippen molar-refractivity contribution in [2.24, 2.45) is 5.92 Å². The summed E-state index contributed by atoms with van der Waals surface area (Å²) in [5, 5.41) is 21.4. The SMILES string of the molecule is CCCC[Se]CC(C#N)C(O)c1ccc(OC)cc1. The van der Waals surface area contributed by atoms with E-state index in [0.717, 1.165) is 16.6 Å². The fraction of sp³-hybridized carbons (Fsp3) is 0.533. The van der Waals surface area contributed by atoms with E-state index in [4.69, 9.17) is 4.74 Å². The Balaban J connectivity index is 2.56. The molecule has 0 heterocycles. The molecule has 1 N–H and O–H groups in total. The Hall–Kier alpha value is -1.01. The Morgan fingerprint density at radius 2 is 2.05 bits per heavy atom. The van der Waals surface area contributed by atoms with Crippen LogP contribution in [0.5, 0.6) is 5.75 Å². The first-order valence-corrected chi connectivity index (χ1v) is 8.94. The molecule has 2 atom stereocenters. The van der Waals surface area contributed by atoms with Gasteiger partial charge < -0.3 is 0 Å². The van der Waals surface area contributed by atoms with Gasteiger partial charge in [-0.15, -0.1) is 0 Å². The number of hydrogen-bond donors (Lipinski definition) is 1. The molecular weight excluding hydrogens is 305 g/mol. The van der Waals surface area contributed by atoms with Gasteiger partial charge in [-0.3, -0.25) is 0 Å². The number of nitriles is 1. The van der Waals surface area contributed by atoms with Gasteiger partial charge in [0, 0.05) is 0 Å². The van der Waals surface area contributed by atoms with Crippen LogP contribution in [0.3, 0.4) is 0 Å². The zero-order chi connectivity index (χ0) is 14.1. The summed E-state index contributed by atoms with van der Waals surface area (Å²) >= 11 is 0.448. The van der Waals surface area contributed by atoms with Gasteiger partial charge in [0.2, 0.25) is 0 Å². The molecule has 0 saturated heterocycles. The molecule has 0 saturated carbocycles. The van der Waals surface area contributed by atoms with Gasteiger partial charge in [0.25, 0.3) is 0 Å². The van der Waals surface area contributed by atoms with Crippen LogP contribution in [0.2, 0.25) is 10.6 Å². The maximum absolute atomic E-state index is 10.2. The van der Waals surface area contributed by atoms with Crippen LogP contribution < -0.4 is 4.74 Å². The molecule has 104 valence electrons. The van der Waals surface area contributed by atoms with Gasteiger partial charge in [-0.05, 0) is 0 Å². The summed E-state index contributed by atoms with van der Waals surface area (Å²) in [5.41, 5.74) is 0.790. The Morgan fingerprint density at radius 1 is 1.37 bits per heavy atom. The Kier molecular flexibility index (Phi) is 7.59. The maximum atomic E-state index is 10.2. The molecule has 19 heavy (non-hydrogen) atoms. The number of methoxy groups -OCH3 is 1. The summed E-state index contributed by atoms with van der Waals surface area (Å²) in [6.07, 6.45) is 1.72. The van der Waals surface area contributed by atoms with Crippen LogP contribution in [0.1, 0.15) is 31.4 Å². The quantitative estimate of drug-likeness (QED) is 0.589. The topological polar surface area (TPSA) is 53.2 Å². The van der Waals surface area contributed by atoms with E-state index >= 15 is 0 Å². The number of aliphatic hydroxyl groups excluding tert-OH is 1. The molecule has 3 nitrogen and oxygen atoms in total. The Labute approximate surface area is 121 Å².